The van der Waals surface area contributed by atoms with Gasteiger partial charge in [-0.05, 0) is 36.5 Å². The van der Waals surface area contributed by atoms with Crippen molar-refractivity contribution in [3.8, 4) is 0 Å². The first kappa shape index (κ1) is 15.7. The van der Waals surface area contributed by atoms with Crippen LogP contribution in [-0.4, -0.2) is 11.8 Å². The van der Waals surface area contributed by atoms with E-state index in [0.717, 1.165) is 18.1 Å². The van der Waals surface area contributed by atoms with Crippen LogP contribution in [0.5, 0.6) is 0 Å². The van der Waals surface area contributed by atoms with Crippen molar-refractivity contribution in [2.45, 2.75) is 26.7 Å². The van der Waals surface area contributed by atoms with Crippen molar-refractivity contribution < 1.29 is 8.78 Å². The predicted octanol–water partition coefficient (Wildman–Crippen LogP) is 5.02. The van der Waals surface area contributed by atoms with Gasteiger partial charge in [0.15, 0.2) is 11.6 Å². The second kappa shape index (κ2) is 6.72. The van der Waals surface area contributed by atoms with Gasteiger partial charge >= 0.3 is 0 Å². The topological polar surface area (TPSA) is 0 Å². The summed E-state index contributed by atoms with van der Waals surface area (Å²) in [5.74, 6) is -0.380. The van der Waals surface area contributed by atoms with E-state index in [1.54, 1.807) is 6.07 Å². The zero-order valence-electron chi connectivity index (χ0n) is 10.6. The molecule has 0 atom stereocenters. The summed E-state index contributed by atoms with van der Waals surface area (Å²) in [4.78, 5) is 0. The first-order chi connectivity index (χ1) is 8.42. The zero-order chi connectivity index (χ0) is 13.8. The first-order valence-corrected chi connectivity index (χ1v) is 7.05. The van der Waals surface area contributed by atoms with Gasteiger partial charge in [0, 0.05) is 17.2 Å². The van der Waals surface area contributed by atoms with Crippen LogP contribution in [0, 0.1) is 23.0 Å². The Balaban J connectivity index is 2.92. The summed E-state index contributed by atoms with van der Waals surface area (Å²) in [6, 6.07) is 3.96. The van der Waals surface area contributed by atoms with Crippen molar-refractivity contribution in [2.75, 3.05) is 11.8 Å². The Labute approximate surface area is 117 Å². The third-order valence-corrected chi connectivity index (χ3v) is 4.11. The summed E-state index contributed by atoms with van der Waals surface area (Å²) in [6.07, 6.45) is 1.42. The number of benzene rings is 1. The Morgan fingerprint density at radius 1 is 1.11 bits per heavy atom. The molecule has 1 rings (SSSR count). The molecule has 0 aliphatic rings. The van der Waals surface area contributed by atoms with E-state index in [1.165, 1.54) is 6.07 Å². The minimum Gasteiger partial charge on any atom is -0.204 e. The molecule has 0 fully saturated rings. The van der Waals surface area contributed by atoms with Crippen molar-refractivity contribution in [3.63, 3.8) is 0 Å². The van der Waals surface area contributed by atoms with E-state index in [4.69, 9.17) is 23.2 Å². The van der Waals surface area contributed by atoms with Crippen LogP contribution in [0.25, 0.3) is 0 Å². The molecule has 0 saturated carbocycles. The lowest BCUT2D eigenvalue weighted by atomic mass is 9.78. The Morgan fingerprint density at radius 2 is 1.72 bits per heavy atom. The van der Waals surface area contributed by atoms with Crippen LogP contribution in [0.15, 0.2) is 18.2 Å². The largest absolute Gasteiger partial charge is 0.204 e. The average molecular weight is 295 g/mol. The summed E-state index contributed by atoms with van der Waals surface area (Å²) >= 11 is 12.1. The van der Waals surface area contributed by atoms with Gasteiger partial charge in [0.2, 0.25) is 0 Å². The van der Waals surface area contributed by atoms with Crippen molar-refractivity contribution in [2.24, 2.45) is 11.3 Å². The number of alkyl halides is 2. The molecule has 0 aromatic heterocycles. The summed E-state index contributed by atoms with van der Waals surface area (Å²) in [5.41, 5.74) is 0.470. The molecule has 0 radical (unpaired) electrons. The smallest absolute Gasteiger partial charge is 0.159 e. The lowest BCUT2D eigenvalue weighted by Crippen LogP contribution is -2.30. The molecule has 18 heavy (non-hydrogen) atoms. The van der Waals surface area contributed by atoms with Crippen LogP contribution < -0.4 is 0 Å². The third kappa shape index (κ3) is 4.10. The Kier molecular flexibility index (Phi) is 5.87. The average Bonchev–Trinajstić information content (AvgIpc) is 2.32. The van der Waals surface area contributed by atoms with Crippen LogP contribution in [0.1, 0.15) is 25.8 Å². The molecule has 1 aromatic carbocycles. The SMILES string of the molecule is CC(C)CC(CCl)(CCl)Cc1ccc(F)c(F)c1. The highest BCUT2D eigenvalue weighted by Crippen LogP contribution is 2.34. The van der Waals surface area contributed by atoms with Crippen molar-refractivity contribution in [1.82, 2.24) is 0 Å². The minimum atomic E-state index is -0.829. The van der Waals surface area contributed by atoms with E-state index in [0.29, 0.717) is 24.1 Å². The molecule has 0 nitrogen and oxygen atoms in total. The molecular weight excluding hydrogens is 277 g/mol. The number of hydrogen-bond acceptors (Lipinski definition) is 0. The Morgan fingerprint density at radius 3 is 2.17 bits per heavy atom. The number of halogens is 4. The zero-order valence-corrected chi connectivity index (χ0v) is 12.2. The van der Waals surface area contributed by atoms with Crippen LogP contribution in [0.2, 0.25) is 0 Å². The van der Waals surface area contributed by atoms with Crippen molar-refractivity contribution in [1.29, 1.82) is 0 Å². The Hall–Kier alpha value is -0.340. The van der Waals surface area contributed by atoms with Crippen LogP contribution >= 0.6 is 23.2 Å². The molecule has 0 bridgehead atoms. The van der Waals surface area contributed by atoms with Crippen LogP contribution in [0.4, 0.5) is 8.78 Å². The molecule has 0 saturated heterocycles. The summed E-state index contributed by atoms with van der Waals surface area (Å²) < 4.78 is 26.1. The third-order valence-electron chi connectivity index (χ3n) is 2.97. The molecular formula is C14H18Cl2F2. The van der Waals surface area contributed by atoms with E-state index in [2.05, 4.69) is 13.8 Å². The van der Waals surface area contributed by atoms with Gasteiger partial charge < -0.3 is 0 Å². The summed E-state index contributed by atoms with van der Waals surface area (Å²) in [5, 5.41) is 0. The highest BCUT2D eigenvalue weighted by Gasteiger charge is 2.30. The van der Waals surface area contributed by atoms with Crippen molar-refractivity contribution >= 4 is 23.2 Å². The fourth-order valence-electron chi connectivity index (χ4n) is 2.26. The van der Waals surface area contributed by atoms with Gasteiger partial charge in [-0.3, -0.25) is 0 Å². The number of rotatable bonds is 6. The van der Waals surface area contributed by atoms with E-state index in [1.807, 2.05) is 0 Å². The quantitative estimate of drug-likeness (QED) is 0.647. The summed E-state index contributed by atoms with van der Waals surface area (Å²) in [6.45, 7) is 4.19. The lowest BCUT2D eigenvalue weighted by molar-refractivity contribution is 0.295. The van der Waals surface area contributed by atoms with E-state index in [-0.39, 0.29) is 5.41 Å². The monoisotopic (exact) mass is 294 g/mol. The fraction of sp³-hybridized carbons (Fsp3) is 0.571. The molecule has 0 spiro atoms. The molecule has 0 N–H and O–H groups in total. The van der Waals surface area contributed by atoms with Gasteiger partial charge in [-0.25, -0.2) is 8.78 Å². The summed E-state index contributed by atoms with van der Waals surface area (Å²) in [7, 11) is 0. The van der Waals surface area contributed by atoms with Gasteiger partial charge in [-0.1, -0.05) is 19.9 Å². The van der Waals surface area contributed by atoms with E-state index < -0.39 is 11.6 Å². The Bertz CT molecular complexity index is 387. The highest BCUT2D eigenvalue weighted by atomic mass is 35.5. The standard InChI is InChI=1S/C14H18Cl2F2/c1-10(2)6-14(8-15,9-16)7-11-3-4-12(17)13(18)5-11/h3-5,10H,6-9H2,1-2H3. The van der Waals surface area contributed by atoms with E-state index in [9.17, 15) is 8.78 Å². The molecule has 0 aliphatic carbocycles. The van der Waals surface area contributed by atoms with Gasteiger partial charge in [-0.2, -0.15) is 0 Å². The molecule has 0 amide bonds. The molecule has 102 valence electrons. The maximum absolute atomic E-state index is 13.2. The van der Waals surface area contributed by atoms with Gasteiger partial charge in [0.25, 0.3) is 0 Å². The molecule has 0 unspecified atom stereocenters. The normalized spacial score (nSPS) is 12.2. The lowest BCUT2D eigenvalue weighted by Gasteiger charge is -2.31. The van der Waals surface area contributed by atoms with Gasteiger partial charge in [-0.15, -0.1) is 23.2 Å². The van der Waals surface area contributed by atoms with Crippen LogP contribution in [0.3, 0.4) is 0 Å². The van der Waals surface area contributed by atoms with Gasteiger partial charge in [0.05, 0.1) is 0 Å². The maximum Gasteiger partial charge on any atom is 0.159 e. The van der Waals surface area contributed by atoms with Crippen LogP contribution in [-0.2, 0) is 6.42 Å². The fourth-order valence-corrected chi connectivity index (χ4v) is 2.95. The van der Waals surface area contributed by atoms with Crippen molar-refractivity contribution in [3.05, 3.63) is 35.4 Å². The van der Waals surface area contributed by atoms with E-state index >= 15 is 0 Å². The molecule has 1 aromatic rings. The second-order valence-electron chi connectivity index (χ2n) is 5.29. The molecule has 4 heteroatoms. The predicted molar refractivity (Wildman–Crippen MR) is 73.4 cm³/mol. The first-order valence-electron chi connectivity index (χ1n) is 5.98. The number of hydrogen-bond donors (Lipinski definition) is 0. The van der Waals surface area contributed by atoms with Gasteiger partial charge in [0.1, 0.15) is 0 Å². The second-order valence-corrected chi connectivity index (χ2v) is 5.82. The molecule has 0 heterocycles. The molecule has 0 aliphatic heterocycles. The maximum atomic E-state index is 13.2. The highest BCUT2D eigenvalue weighted by molar-refractivity contribution is 6.21. The minimum absolute atomic E-state index is 0.262.